The summed E-state index contributed by atoms with van der Waals surface area (Å²) in [5.41, 5.74) is 0.865. The SMILES string of the molecule is CCC1CCCCN1CCC(=O)Nc1ccc(Br)cc1. The molecule has 0 bridgehead atoms. The van der Waals surface area contributed by atoms with Crippen molar-refractivity contribution in [1.82, 2.24) is 4.90 Å². The zero-order valence-corrected chi connectivity index (χ0v) is 13.7. The summed E-state index contributed by atoms with van der Waals surface area (Å²) in [6, 6.07) is 8.38. The standard InChI is InChI=1S/C16H23BrN2O/c1-2-15-5-3-4-11-19(15)12-10-16(20)18-14-8-6-13(17)7-9-14/h6-9,15H,2-5,10-12H2,1H3,(H,18,20). The monoisotopic (exact) mass is 338 g/mol. The summed E-state index contributed by atoms with van der Waals surface area (Å²) in [6.45, 7) is 4.26. The highest BCUT2D eigenvalue weighted by atomic mass is 79.9. The van der Waals surface area contributed by atoms with E-state index in [4.69, 9.17) is 0 Å². The molecule has 4 heteroatoms. The average molecular weight is 339 g/mol. The van der Waals surface area contributed by atoms with Crippen LogP contribution >= 0.6 is 15.9 Å². The number of nitrogens with one attached hydrogen (secondary N) is 1. The Hall–Kier alpha value is -0.870. The molecule has 0 aromatic heterocycles. The van der Waals surface area contributed by atoms with Crippen molar-refractivity contribution >= 4 is 27.5 Å². The Labute approximate surface area is 129 Å². The van der Waals surface area contributed by atoms with Crippen LogP contribution in [0.15, 0.2) is 28.7 Å². The molecule has 1 atom stereocenters. The molecule has 1 aliphatic rings. The smallest absolute Gasteiger partial charge is 0.225 e. The summed E-state index contributed by atoms with van der Waals surface area (Å²) in [5.74, 6) is 0.104. The van der Waals surface area contributed by atoms with E-state index in [1.165, 1.54) is 25.7 Å². The number of nitrogens with zero attached hydrogens (tertiary/aromatic N) is 1. The molecule has 1 fully saturated rings. The van der Waals surface area contributed by atoms with Gasteiger partial charge in [-0.2, -0.15) is 0 Å². The van der Waals surface area contributed by atoms with E-state index in [1.807, 2.05) is 24.3 Å². The van der Waals surface area contributed by atoms with Crippen molar-refractivity contribution < 1.29 is 4.79 Å². The number of hydrogen-bond donors (Lipinski definition) is 1. The molecular formula is C16H23BrN2O. The Bertz CT molecular complexity index is 433. The minimum Gasteiger partial charge on any atom is -0.326 e. The van der Waals surface area contributed by atoms with Crippen molar-refractivity contribution in [3.8, 4) is 0 Å². The molecule has 1 amide bonds. The predicted octanol–water partition coefficient (Wildman–Crippen LogP) is 4.04. The lowest BCUT2D eigenvalue weighted by Gasteiger charge is -2.35. The van der Waals surface area contributed by atoms with Crippen molar-refractivity contribution in [2.75, 3.05) is 18.4 Å². The summed E-state index contributed by atoms with van der Waals surface area (Å²) in [6.07, 6.45) is 5.65. The number of halogens is 1. The Morgan fingerprint density at radius 2 is 2.10 bits per heavy atom. The van der Waals surface area contributed by atoms with Gasteiger partial charge in [-0.15, -0.1) is 0 Å². The Kier molecular flexibility index (Phi) is 6.05. The van der Waals surface area contributed by atoms with Crippen LogP contribution in [-0.4, -0.2) is 29.9 Å². The summed E-state index contributed by atoms with van der Waals surface area (Å²) >= 11 is 3.39. The number of benzene rings is 1. The first-order chi connectivity index (χ1) is 9.69. The van der Waals surface area contributed by atoms with Crippen LogP contribution in [0.5, 0.6) is 0 Å². The molecule has 110 valence electrons. The van der Waals surface area contributed by atoms with Crippen LogP contribution < -0.4 is 5.32 Å². The first kappa shape index (κ1) is 15.5. The van der Waals surface area contributed by atoms with Crippen LogP contribution in [0.4, 0.5) is 5.69 Å². The summed E-state index contributed by atoms with van der Waals surface area (Å²) in [4.78, 5) is 14.5. The van der Waals surface area contributed by atoms with Crippen LogP contribution in [0.3, 0.4) is 0 Å². The highest BCUT2D eigenvalue weighted by molar-refractivity contribution is 9.10. The average Bonchev–Trinajstić information content (AvgIpc) is 2.48. The van der Waals surface area contributed by atoms with Crippen LogP contribution in [-0.2, 0) is 4.79 Å². The molecule has 0 aliphatic carbocycles. The molecule has 1 aromatic carbocycles. The predicted molar refractivity (Wildman–Crippen MR) is 86.9 cm³/mol. The van der Waals surface area contributed by atoms with Crippen molar-refractivity contribution in [2.24, 2.45) is 0 Å². The van der Waals surface area contributed by atoms with Crippen molar-refractivity contribution in [3.05, 3.63) is 28.7 Å². The second kappa shape index (κ2) is 7.79. The fraction of sp³-hybridized carbons (Fsp3) is 0.562. The van der Waals surface area contributed by atoms with E-state index in [-0.39, 0.29) is 5.91 Å². The maximum atomic E-state index is 12.0. The molecule has 2 rings (SSSR count). The molecule has 1 saturated heterocycles. The number of hydrogen-bond acceptors (Lipinski definition) is 2. The van der Waals surface area contributed by atoms with E-state index in [2.05, 4.69) is 33.1 Å². The fourth-order valence-corrected chi connectivity index (χ4v) is 3.08. The lowest BCUT2D eigenvalue weighted by molar-refractivity contribution is -0.116. The highest BCUT2D eigenvalue weighted by Gasteiger charge is 2.20. The molecule has 0 radical (unpaired) electrons. The summed E-state index contributed by atoms with van der Waals surface area (Å²) in [7, 11) is 0. The second-order valence-corrected chi connectivity index (χ2v) is 6.31. The number of amides is 1. The van der Waals surface area contributed by atoms with Crippen LogP contribution in [0.25, 0.3) is 0 Å². The second-order valence-electron chi connectivity index (χ2n) is 5.40. The van der Waals surface area contributed by atoms with Gasteiger partial charge in [0, 0.05) is 29.2 Å². The first-order valence-electron chi connectivity index (χ1n) is 7.48. The molecular weight excluding hydrogens is 316 g/mol. The minimum absolute atomic E-state index is 0.104. The quantitative estimate of drug-likeness (QED) is 0.878. The Morgan fingerprint density at radius 1 is 1.35 bits per heavy atom. The third-order valence-corrected chi connectivity index (χ3v) is 4.50. The minimum atomic E-state index is 0.104. The Morgan fingerprint density at radius 3 is 2.80 bits per heavy atom. The van der Waals surface area contributed by atoms with E-state index >= 15 is 0 Å². The number of likely N-dealkylation sites (tertiary alicyclic amines) is 1. The molecule has 1 N–H and O–H groups in total. The van der Waals surface area contributed by atoms with Gasteiger partial charge in [0.1, 0.15) is 0 Å². The maximum absolute atomic E-state index is 12.0. The van der Waals surface area contributed by atoms with Crippen molar-refractivity contribution in [2.45, 2.75) is 45.1 Å². The zero-order chi connectivity index (χ0) is 14.4. The lowest BCUT2D eigenvalue weighted by atomic mass is 10.00. The summed E-state index contributed by atoms with van der Waals surface area (Å²) in [5, 5.41) is 2.96. The van der Waals surface area contributed by atoms with E-state index in [0.717, 1.165) is 23.2 Å². The van der Waals surface area contributed by atoms with Crippen LogP contribution in [0.1, 0.15) is 39.0 Å². The van der Waals surface area contributed by atoms with Gasteiger partial charge in [-0.05, 0) is 50.1 Å². The van der Waals surface area contributed by atoms with Gasteiger partial charge in [-0.1, -0.05) is 29.3 Å². The summed E-state index contributed by atoms with van der Waals surface area (Å²) < 4.78 is 1.02. The topological polar surface area (TPSA) is 32.3 Å². The third-order valence-electron chi connectivity index (χ3n) is 3.97. The van der Waals surface area contributed by atoms with E-state index < -0.39 is 0 Å². The highest BCUT2D eigenvalue weighted by Crippen LogP contribution is 2.19. The van der Waals surface area contributed by atoms with Gasteiger partial charge in [0.2, 0.25) is 5.91 Å². The molecule has 1 aromatic rings. The lowest BCUT2D eigenvalue weighted by Crippen LogP contribution is -2.40. The van der Waals surface area contributed by atoms with Gasteiger partial charge < -0.3 is 5.32 Å². The largest absolute Gasteiger partial charge is 0.326 e. The van der Waals surface area contributed by atoms with Crippen molar-refractivity contribution in [1.29, 1.82) is 0 Å². The molecule has 3 nitrogen and oxygen atoms in total. The van der Waals surface area contributed by atoms with E-state index in [9.17, 15) is 4.79 Å². The van der Waals surface area contributed by atoms with E-state index in [0.29, 0.717) is 12.5 Å². The molecule has 1 unspecified atom stereocenters. The van der Waals surface area contributed by atoms with E-state index in [1.54, 1.807) is 0 Å². The van der Waals surface area contributed by atoms with Gasteiger partial charge in [0.15, 0.2) is 0 Å². The van der Waals surface area contributed by atoms with Gasteiger partial charge in [0.05, 0.1) is 0 Å². The maximum Gasteiger partial charge on any atom is 0.225 e. The number of carbonyl (C=O) groups excluding carboxylic acids is 1. The first-order valence-corrected chi connectivity index (χ1v) is 8.28. The third kappa shape index (κ3) is 4.60. The normalized spacial score (nSPS) is 19.8. The number of piperidine rings is 1. The number of carbonyl (C=O) groups is 1. The number of anilines is 1. The molecule has 0 spiro atoms. The van der Waals surface area contributed by atoms with Gasteiger partial charge in [-0.3, -0.25) is 9.69 Å². The molecule has 20 heavy (non-hydrogen) atoms. The van der Waals surface area contributed by atoms with Gasteiger partial charge >= 0.3 is 0 Å². The van der Waals surface area contributed by atoms with Crippen LogP contribution in [0.2, 0.25) is 0 Å². The molecule has 1 heterocycles. The zero-order valence-electron chi connectivity index (χ0n) is 12.1. The fourth-order valence-electron chi connectivity index (χ4n) is 2.82. The van der Waals surface area contributed by atoms with Crippen molar-refractivity contribution in [3.63, 3.8) is 0 Å². The number of rotatable bonds is 5. The Balaban J connectivity index is 1.78. The molecule has 1 aliphatic heterocycles. The molecule has 0 saturated carbocycles. The van der Waals surface area contributed by atoms with Crippen LogP contribution in [0, 0.1) is 0 Å². The van der Waals surface area contributed by atoms with Gasteiger partial charge in [-0.25, -0.2) is 0 Å². The van der Waals surface area contributed by atoms with Gasteiger partial charge in [0.25, 0.3) is 0 Å².